The molecular formula is C21H18F3N5O2S. The van der Waals surface area contributed by atoms with Gasteiger partial charge in [0.05, 0.1) is 16.5 Å². The fourth-order valence-corrected chi connectivity index (χ4v) is 4.30. The van der Waals surface area contributed by atoms with Crippen molar-refractivity contribution >= 4 is 33.3 Å². The molecule has 0 aliphatic heterocycles. The number of carbonyl (C=O) groups is 1. The van der Waals surface area contributed by atoms with E-state index >= 15 is 0 Å². The molecule has 1 amide bonds. The Balaban J connectivity index is 1.56. The number of fused-ring (bicyclic) bond motifs is 1. The number of thiophene rings is 1. The van der Waals surface area contributed by atoms with Crippen LogP contribution < -0.4 is 10.6 Å². The predicted molar refractivity (Wildman–Crippen MR) is 114 cm³/mol. The SMILES string of the molecule is Cc1c(C(=O)NC(c2ccco2)C(F)(F)F)sc2ncnc(NCCc3ccccn3)c12. The number of halogens is 3. The van der Waals surface area contributed by atoms with Crippen molar-refractivity contribution in [2.24, 2.45) is 0 Å². The lowest BCUT2D eigenvalue weighted by molar-refractivity contribution is -0.158. The summed E-state index contributed by atoms with van der Waals surface area (Å²) in [6.07, 6.45) is 0.131. The Morgan fingerprint density at radius 3 is 2.72 bits per heavy atom. The van der Waals surface area contributed by atoms with Crippen LogP contribution in [0.5, 0.6) is 0 Å². The van der Waals surface area contributed by atoms with Crippen LogP contribution in [0.1, 0.15) is 32.7 Å². The molecule has 0 bridgehead atoms. The molecule has 0 radical (unpaired) electrons. The summed E-state index contributed by atoms with van der Waals surface area (Å²) in [6.45, 7) is 2.20. The topological polar surface area (TPSA) is 92.9 Å². The van der Waals surface area contributed by atoms with E-state index in [1.54, 1.807) is 13.1 Å². The molecular weight excluding hydrogens is 443 g/mol. The first-order valence-corrected chi connectivity index (χ1v) is 10.4. The number of hydrogen-bond donors (Lipinski definition) is 2. The van der Waals surface area contributed by atoms with Crippen molar-refractivity contribution in [3.63, 3.8) is 0 Å². The van der Waals surface area contributed by atoms with Gasteiger partial charge in [-0.05, 0) is 36.8 Å². The van der Waals surface area contributed by atoms with E-state index < -0.39 is 18.1 Å². The zero-order chi connectivity index (χ0) is 22.7. The monoisotopic (exact) mass is 461 g/mol. The number of amides is 1. The molecule has 0 aromatic carbocycles. The van der Waals surface area contributed by atoms with Gasteiger partial charge in [0.25, 0.3) is 5.91 Å². The van der Waals surface area contributed by atoms with Gasteiger partial charge in [-0.15, -0.1) is 11.3 Å². The molecule has 1 unspecified atom stereocenters. The molecule has 1 atom stereocenters. The summed E-state index contributed by atoms with van der Waals surface area (Å²) < 4.78 is 45.4. The Labute approximate surface area is 184 Å². The number of aromatic nitrogens is 3. The molecule has 0 aliphatic rings. The second-order valence-electron chi connectivity index (χ2n) is 6.92. The maximum atomic E-state index is 13.5. The summed E-state index contributed by atoms with van der Waals surface area (Å²) in [5.74, 6) is -0.734. The van der Waals surface area contributed by atoms with Crippen molar-refractivity contribution in [1.82, 2.24) is 20.3 Å². The Morgan fingerprint density at radius 1 is 1.19 bits per heavy atom. The number of aryl methyl sites for hydroxylation is 1. The quantitative estimate of drug-likeness (QED) is 0.415. The molecule has 4 heterocycles. The maximum Gasteiger partial charge on any atom is 0.415 e. The molecule has 32 heavy (non-hydrogen) atoms. The predicted octanol–water partition coefficient (Wildman–Crippen LogP) is 4.68. The Morgan fingerprint density at radius 2 is 2.03 bits per heavy atom. The average Bonchev–Trinajstić information content (AvgIpc) is 3.40. The van der Waals surface area contributed by atoms with Crippen LogP contribution in [0, 0.1) is 6.92 Å². The fourth-order valence-electron chi connectivity index (χ4n) is 3.24. The number of carbonyl (C=O) groups excluding carboxylic acids is 1. The van der Waals surface area contributed by atoms with E-state index in [0.29, 0.717) is 34.6 Å². The van der Waals surface area contributed by atoms with Gasteiger partial charge in [0, 0.05) is 24.9 Å². The third kappa shape index (κ3) is 4.57. The first-order valence-electron chi connectivity index (χ1n) is 9.63. The molecule has 2 N–H and O–H groups in total. The zero-order valence-electron chi connectivity index (χ0n) is 16.8. The van der Waals surface area contributed by atoms with Gasteiger partial charge in [0.15, 0.2) is 6.04 Å². The standard InChI is InChI=1S/C21H18F3N5O2S/c1-12-15-18(26-9-7-13-5-2-3-8-25-13)27-11-28-20(15)32-16(12)19(30)29-17(21(22,23)24)14-6-4-10-31-14/h2-6,8,10-11,17H,7,9H2,1H3,(H,29,30)(H,26,27,28). The Bertz CT molecular complexity index is 1210. The molecule has 4 rings (SSSR count). The molecule has 166 valence electrons. The molecule has 0 spiro atoms. The summed E-state index contributed by atoms with van der Waals surface area (Å²) in [4.78, 5) is 26.1. The highest BCUT2D eigenvalue weighted by molar-refractivity contribution is 7.20. The molecule has 0 saturated carbocycles. The number of nitrogens with one attached hydrogen (secondary N) is 2. The third-order valence-corrected chi connectivity index (χ3v) is 5.96. The highest BCUT2D eigenvalue weighted by atomic mass is 32.1. The zero-order valence-corrected chi connectivity index (χ0v) is 17.6. The van der Waals surface area contributed by atoms with Gasteiger partial charge in [-0.3, -0.25) is 9.78 Å². The fraction of sp³-hybridized carbons (Fsp3) is 0.238. The summed E-state index contributed by atoms with van der Waals surface area (Å²) in [6, 6.07) is 5.90. The van der Waals surface area contributed by atoms with E-state index in [1.165, 1.54) is 18.5 Å². The number of hydrogen-bond acceptors (Lipinski definition) is 7. The lowest BCUT2D eigenvalue weighted by Gasteiger charge is -2.19. The number of alkyl halides is 3. The molecule has 4 aromatic heterocycles. The molecule has 4 aromatic rings. The van der Waals surface area contributed by atoms with Gasteiger partial charge in [-0.1, -0.05) is 6.07 Å². The second-order valence-corrected chi connectivity index (χ2v) is 7.92. The van der Waals surface area contributed by atoms with Crippen molar-refractivity contribution < 1.29 is 22.4 Å². The Kier molecular flexibility index (Phi) is 6.08. The van der Waals surface area contributed by atoms with Crippen LogP contribution in [-0.2, 0) is 6.42 Å². The third-order valence-electron chi connectivity index (χ3n) is 4.76. The summed E-state index contributed by atoms with van der Waals surface area (Å²) in [5.41, 5.74) is 1.41. The molecule has 7 nitrogen and oxygen atoms in total. The van der Waals surface area contributed by atoms with E-state index in [4.69, 9.17) is 4.42 Å². The van der Waals surface area contributed by atoms with Gasteiger partial charge >= 0.3 is 6.18 Å². The van der Waals surface area contributed by atoms with Crippen molar-refractivity contribution in [3.8, 4) is 0 Å². The van der Waals surface area contributed by atoms with Gasteiger partial charge in [0.1, 0.15) is 22.7 Å². The van der Waals surface area contributed by atoms with E-state index in [1.807, 2.05) is 23.5 Å². The van der Waals surface area contributed by atoms with Gasteiger partial charge in [-0.25, -0.2) is 9.97 Å². The van der Waals surface area contributed by atoms with Crippen molar-refractivity contribution in [3.05, 3.63) is 71.0 Å². The number of anilines is 1. The maximum absolute atomic E-state index is 13.5. The summed E-state index contributed by atoms with van der Waals surface area (Å²) in [7, 11) is 0. The van der Waals surface area contributed by atoms with Crippen LogP contribution in [0.4, 0.5) is 19.0 Å². The first-order chi connectivity index (χ1) is 15.3. The van der Waals surface area contributed by atoms with Gasteiger partial charge in [0.2, 0.25) is 0 Å². The summed E-state index contributed by atoms with van der Waals surface area (Å²) >= 11 is 1.01. The summed E-state index contributed by atoms with van der Waals surface area (Å²) in [5, 5.41) is 5.85. The minimum atomic E-state index is -4.71. The minimum absolute atomic E-state index is 0.133. The van der Waals surface area contributed by atoms with Crippen LogP contribution in [0.2, 0.25) is 0 Å². The van der Waals surface area contributed by atoms with Crippen molar-refractivity contribution in [1.29, 1.82) is 0 Å². The van der Waals surface area contributed by atoms with Gasteiger partial charge < -0.3 is 15.1 Å². The highest BCUT2D eigenvalue weighted by Crippen LogP contribution is 2.36. The van der Waals surface area contributed by atoms with E-state index in [9.17, 15) is 18.0 Å². The molecule has 0 saturated heterocycles. The second kappa shape index (κ2) is 8.95. The van der Waals surface area contributed by atoms with E-state index in [-0.39, 0.29) is 10.6 Å². The normalized spacial score (nSPS) is 12.6. The number of nitrogens with zero attached hydrogens (tertiary/aromatic N) is 3. The number of pyridine rings is 1. The van der Waals surface area contributed by atoms with Crippen LogP contribution >= 0.6 is 11.3 Å². The average molecular weight is 461 g/mol. The first kappa shape index (κ1) is 21.8. The van der Waals surface area contributed by atoms with Crippen LogP contribution in [-0.4, -0.2) is 33.6 Å². The Hall–Kier alpha value is -3.47. The number of rotatable bonds is 7. The minimum Gasteiger partial charge on any atom is -0.467 e. The lowest BCUT2D eigenvalue weighted by atomic mass is 10.1. The van der Waals surface area contributed by atoms with Crippen LogP contribution in [0.3, 0.4) is 0 Å². The number of furan rings is 1. The van der Waals surface area contributed by atoms with E-state index in [0.717, 1.165) is 23.3 Å². The molecule has 11 heteroatoms. The largest absolute Gasteiger partial charge is 0.467 e. The van der Waals surface area contributed by atoms with Crippen molar-refractivity contribution in [2.45, 2.75) is 25.6 Å². The lowest BCUT2D eigenvalue weighted by Crippen LogP contribution is -2.37. The molecule has 0 aliphatic carbocycles. The van der Waals surface area contributed by atoms with E-state index in [2.05, 4.69) is 20.3 Å². The van der Waals surface area contributed by atoms with Crippen LogP contribution in [0.15, 0.2) is 53.5 Å². The molecule has 0 fully saturated rings. The van der Waals surface area contributed by atoms with Gasteiger partial charge in [-0.2, -0.15) is 13.2 Å². The van der Waals surface area contributed by atoms with Crippen LogP contribution in [0.25, 0.3) is 10.2 Å². The highest BCUT2D eigenvalue weighted by Gasteiger charge is 2.44. The smallest absolute Gasteiger partial charge is 0.415 e. The van der Waals surface area contributed by atoms with Crippen molar-refractivity contribution in [2.75, 3.05) is 11.9 Å².